The highest BCUT2D eigenvalue weighted by atomic mass is 19.1. The third-order valence-corrected chi connectivity index (χ3v) is 6.13. The molecule has 164 valence electrons. The Labute approximate surface area is 177 Å². The molecule has 0 radical (unpaired) electrons. The third-order valence-electron chi connectivity index (χ3n) is 6.13. The van der Waals surface area contributed by atoms with E-state index in [1.54, 1.807) is 12.1 Å². The van der Waals surface area contributed by atoms with E-state index in [-0.39, 0.29) is 41.9 Å². The third kappa shape index (κ3) is 6.28. The van der Waals surface area contributed by atoms with Gasteiger partial charge in [0.05, 0.1) is 0 Å². The maximum atomic E-state index is 13.5. The molecule has 1 saturated heterocycles. The van der Waals surface area contributed by atoms with Crippen LogP contribution in [0, 0.1) is 11.7 Å². The molecule has 0 bridgehead atoms. The summed E-state index contributed by atoms with van der Waals surface area (Å²) in [5.74, 6) is -0.516. The number of halogens is 1. The number of carbonyl (C=O) groups excluding carboxylic acids is 3. The number of rotatable bonds is 6. The highest BCUT2D eigenvalue weighted by Gasteiger charge is 2.30. The van der Waals surface area contributed by atoms with Crippen molar-refractivity contribution in [2.24, 2.45) is 5.92 Å². The zero-order valence-corrected chi connectivity index (χ0v) is 17.7. The zero-order chi connectivity index (χ0) is 21.5. The average Bonchev–Trinajstić information content (AvgIpc) is 2.73. The van der Waals surface area contributed by atoms with Crippen molar-refractivity contribution in [2.75, 3.05) is 13.1 Å². The maximum Gasteiger partial charge on any atom is 0.243 e. The van der Waals surface area contributed by atoms with Crippen molar-refractivity contribution >= 4 is 17.7 Å². The van der Waals surface area contributed by atoms with Crippen molar-refractivity contribution in [1.82, 2.24) is 15.5 Å². The molecule has 0 aromatic heterocycles. The minimum atomic E-state index is -0.758. The molecule has 0 unspecified atom stereocenters. The van der Waals surface area contributed by atoms with Gasteiger partial charge in [0.2, 0.25) is 17.7 Å². The number of benzene rings is 1. The van der Waals surface area contributed by atoms with Crippen LogP contribution < -0.4 is 10.6 Å². The molecule has 0 spiro atoms. The molecule has 1 aromatic carbocycles. The van der Waals surface area contributed by atoms with E-state index in [0.29, 0.717) is 31.5 Å². The Balaban J connectivity index is 1.52. The lowest BCUT2D eigenvalue weighted by molar-refractivity contribution is -0.138. The molecule has 1 aliphatic carbocycles. The van der Waals surface area contributed by atoms with Gasteiger partial charge in [0, 0.05) is 38.4 Å². The van der Waals surface area contributed by atoms with Crippen LogP contribution in [0.3, 0.4) is 0 Å². The summed E-state index contributed by atoms with van der Waals surface area (Å²) in [7, 11) is 0. The van der Waals surface area contributed by atoms with Crippen molar-refractivity contribution in [2.45, 2.75) is 70.4 Å². The fourth-order valence-electron chi connectivity index (χ4n) is 4.51. The fraction of sp³-hybridized carbons (Fsp3) is 0.609. The fourth-order valence-corrected chi connectivity index (χ4v) is 4.51. The molecule has 2 N–H and O–H groups in total. The summed E-state index contributed by atoms with van der Waals surface area (Å²) in [4.78, 5) is 39.0. The quantitative estimate of drug-likeness (QED) is 0.747. The summed E-state index contributed by atoms with van der Waals surface area (Å²) in [5, 5.41) is 5.68. The van der Waals surface area contributed by atoms with E-state index >= 15 is 0 Å². The molecule has 1 aromatic rings. The van der Waals surface area contributed by atoms with Crippen LogP contribution in [0.15, 0.2) is 24.3 Å². The summed E-state index contributed by atoms with van der Waals surface area (Å²) < 4.78 is 13.5. The molecule has 1 heterocycles. The van der Waals surface area contributed by atoms with Gasteiger partial charge in [-0.15, -0.1) is 0 Å². The first-order chi connectivity index (χ1) is 14.4. The van der Waals surface area contributed by atoms with Crippen molar-refractivity contribution in [3.05, 3.63) is 35.6 Å². The largest absolute Gasteiger partial charge is 0.351 e. The van der Waals surface area contributed by atoms with Gasteiger partial charge in [-0.25, -0.2) is 4.39 Å². The van der Waals surface area contributed by atoms with Crippen molar-refractivity contribution < 1.29 is 18.8 Å². The highest BCUT2D eigenvalue weighted by Crippen LogP contribution is 2.26. The van der Waals surface area contributed by atoms with E-state index in [2.05, 4.69) is 10.6 Å². The Hall–Kier alpha value is -2.44. The van der Waals surface area contributed by atoms with Crippen LogP contribution in [0.5, 0.6) is 0 Å². The Morgan fingerprint density at radius 1 is 1.10 bits per heavy atom. The van der Waals surface area contributed by atoms with E-state index in [0.717, 1.165) is 25.7 Å². The molecule has 1 atom stereocenters. The molecule has 30 heavy (non-hydrogen) atoms. The minimum absolute atomic E-state index is 0.0309. The van der Waals surface area contributed by atoms with E-state index in [1.165, 1.54) is 25.5 Å². The molecule has 2 aliphatic rings. The minimum Gasteiger partial charge on any atom is -0.351 e. The molecule has 6 nitrogen and oxygen atoms in total. The van der Waals surface area contributed by atoms with Gasteiger partial charge in [-0.1, -0.05) is 31.4 Å². The van der Waals surface area contributed by atoms with E-state index in [4.69, 9.17) is 0 Å². The Bertz CT molecular complexity index is 756. The van der Waals surface area contributed by atoms with E-state index in [9.17, 15) is 18.8 Å². The summed E-state index contributed by atoms with van der Waals surface area (Å²) in [6.45, 7) is 2.66. The molecule has 3 amide bonds. The Morgan fingerprint density at radius 2 is 1.80 bits per heavy atom. The van der Waals surface area contributed by atoms with Gasteiger partial charge < -0.3 is 15.5 Å². The standard InChI is InChI=1S/C23H32FN3O3/c1-16(28)25-21(15-17-6-5-9-19(24)14-17)22(29)26-20-10-12-27(13-11-20)23(30)18-7-3-2-4-8-18/h5-6,9,14,18,20-21H,2-4,7-8,10-13,15H2,1H3,(H,25,28)(H,26,29)/t21-/m1/s1. The lowest BCUT2D eigenvalue weighted by atomic mass is 9.87. The van der Waals surface area contributed by atoms with Crippen LogP contribution in [-0.2, 0) is 20.8 Å². The number of piperidine rings is 1. The second-order valence-corrected chi connectivity index (χ2v) is 8.53. The lowest BCUT2D eigenvalue weighted by Crippen LogP contribution is -2.53. The molecular formula is C23H32FN3O3. The lowest BCUT2D eigenvalue weighted by Gasteiger charge is -2.36. The summed E-state index contributed by atoms with van der Waals surface area (Å²) in [6.07, 6.45) is 7.12. The first-order valence-electron chi connectivity index (χ1n) is 11.0. The molecule has 3 rings (SSSR count). The average molecular weight is 418 g/mol. The van der Waals surface area contributed by atoms with E-state index in [1.807, 2.05) is 4.90 Å². The van der Waals surface area contributed by atoms with Crippen LogP contribution in [0.2, 0.25) is 0 Å². The Morgan fingerprint density at radius 3 is 2.43 bits per heavy atom. The first-order valence-corrected chi connectivity index (χ1v) is 11.0. The predicted octanol–water partition coefficient (Wildman–Crippen LogP) is 2.56. The number of carbonyl (C=O) groups is 3. The molecule has 7 heteroatoms. The van der Waals surface area contributed by atoms with Gasteiger partial charge in [0.1, 0.15) is 11.9 Å². The van der Waals surface area contributed by atoms with Gasteiger partial charge in [0.25, 0.3) is 0 Å². The topological polar surface area (TPSA) is 78.5 Å². The van der Waals surface area contributed by atoms with E-state index < -0.39 is 6.04 Å². The van der Waals surface area contributed by atoms with Crippen molar-refractivity contribution in [1.29, 1.82) is 0 Å². The van der Waals surface area contributed by atoms with Gasteiger partial charge in [-0.05, 0) is 43.4 Å². The summed E-state index contributed by atoms with van der Waals surface area (Å²) >= 11 is 0. The number of nitrogens with zero attached hydrogens (tertiary/aromatic N) is 1. The SMILES string of the molecule is CC(=O)N[C@H](Cc1cccc(F)c1)C(=O)NC1CCN(C(=O)C2CCCCC2)CC1. The van der Waals surface area contributed by atoms with Crippen LogP contribution in [-0.4, -0.2) is 47.8 Å². The van der Waals surface area contributed by atoms with Gasteiger partial charge in [-0.2, -0.15) is 0 Å². The van der Waals surface area contributed by atoms with Crippen LogP contribution in [0.1, 0.15) is 57.4 Å². The number of hydrogen-bond donors (Lipinski definition) is 2. The number of amides is 3. The smallest absolute Gasteiger partial charge is 0.243 e. The highest BCUT2D eigenvalue weighted by molar-refractivity contribution is 5.87. The zero-order valence-electron chi connectivity index (χ0n) is 17.7. The molecular weight excluding hydrogens is 385 g/mol. The van der Waals surface area contributed by atoms with Crippen molar-refractivity contribution in [3.8, 4) is 0 Å². The van der Waals surface area contributed by atoms with Crippen LogP contribution >= 0.6 is 0 Å². The molecule has 2 fully saturated rings. The number of hydrogen-bond acceptors (Lipinski definition) is 3. The number of nitrogens with one attached hydrogen (secondary N) is 2. The van der Waals surface area contributed by atoms with Crippen LogP contribution in [0.4, 0.5) is 4.39 Å². The Kier molecular flexibility index (Phi) is 7.82. The summed E-state index contributed by atoms with van der Waals surface area (Å²) in [6, 6.07) is 5.26. The second kappa shape index (κ2) is 10.5. The predicted molar refractivity (Wildman–Crippen MR) is 112 cm³/mol. The molecule has 1 saturated carbocycles. The van der Waals surface area contributed by atoms with Gasteiger partial charge >= 0.3 is 0 Å². The normalized spacial score (nSPS) is 19.2. The summed E-state index contributed by atoms with van der Waals surface area (Å²) in [5.41, 5.74) is 0.650. The first kappa shape index (κ1) is 22.2. The monoisotopic (exact) mass is 417 g/mol. The number of likely N-dealkylation sites (tertiary alicyclic amines) is 1. The van der Waals surface area contributed by atoms with Crippen LogP contribution in [0.25, 0.3) is 0 Å². The molecule has 1 aliphatic heterocycles. The van der Waals surface area contributed by atoms with Gasteiger partial charge in [-0.3, -0.25) is 14.4 Å². The van der Waals surface area contributed by atoms with Gasteiger partial charge in [0.15, 0.2) is 0 Å². The second-order valence-electron chi connectivity index (χ2n) is 8.53. The maximum absolute atomic E-state index is 13.5. The van der Waals surface area contributed by atoms with Crippen molar-refractivity contribution in [3.63, 3.8) is 0 Å².